The molecule has 0 spiro atoms. The van der Waals surface area contributed by atoms with E-state index in [-0.39, 0.29) is 32.0 Å². The first-order valence-corrected chi connectivity index (χ1v) is 19.6. The van der Waals surface area contributed by atoms with Crippen molar-refractivity contribution in [2.75, 3.05) is 19.8 Å². The van der Waals surface area contributed by atoms with Gasteiger partial charge < -0.3 is 39.4 Å². The molecule has 1 rings (SSSR count). The van der Waals surface area contributed by atoms with Crippen LogP contribution in [0.5, 0.6) is 0 Å². The van der Waals surface area contributed by atoms with Crippen LogP contribution in [0.1, 0.15) is 174 Å². The van der Waals surface area contributed by atoms with Gasteiger partial charge in [0.2, 0.25) is 0 Å². The van der Waals surface area contributed by atoms with Crippen molar-refractivity contribution < 1.29 is 49.0 Å². The van der Waals surface area contributed by atoms with Gasteiger partial charge in [-0.2, -0.15) is 0 Å². The molecule has 284 valence electrons. The van der Waals surface area contributed by atoms with Gasteiger partial charge in [0.1, 0.15) is 31.0 Å². The zero-order valence-electron chi connectivity index (χ0n) is 30.5. The molecule has 48 heavy (non-hydrogen) atoms. The van der Waals surface area contributed by atoms with Gasteiger partial charge in [0.05, 0.1) is 13.2 Å². The Hall–Kier alpha value is -1.30. The normalized spacial score (nSPS) is 21.7. The fraction of sp³-hybridized carbons (Fsp3) is 0.947. The van der Waals surface area contributed by atoms with Crippen molar-refractivity contribution >= 4 is 11.9 Å². The summed E-state index contributed by atoms with van der Waals surface area (Å²) in [6.07, 6.45) is 19.7. The average molecular weight is 689 g/mol. The number of carbonyl (C=O) groups is 2. The Morgan fingerprint density at radius 3 is 1.42 bits per heavy atom. The molecule has 4 N–H and O–H groups in total. The molecule has 0 aliphatic carbocycles. The van der Waals surface area contributed by atoms with Crippen LogP contribution in [0.2, 0.25) is 0 Å². The molecule has 1 saturated heterocycles. The first kappa shape index (κ1) is 44.7. The lowest BCUT2D eigenvalue weighted by molar-refractivity contribution is -0.305. The van der Waals surface area contributed by atoms with Gasteiger partial charge in [-0.05, 0) is 12.8 Å². The van der Waals surface area contributed by atoms with Crippen molar-refractivity contribution in [1.82, 2.24) is 0 Å². The van der Waals surface area contributed by atoms with Gasteiger partial charge in [0, 0.05) is 12.8 Å². The van der Waals surface area contributed by atoms with Crippen molar-refractivity contribution in [1.29, 1.82) is 0 Å². The summed E-state index contributed by atoms with van der Waals surface area (Å²) < 4.78 is 22.0. The van der Waals surface area contributed by atoms with Gasteiger partial charge in [-0.3, -0.25) is 9.59 Å². The van der Waals surface area contributed by atoms with Crippen LogP contribution in [0.25, 0.3) is 0 Å². The van der Waals surface area contributed by atoms with Crippen molar-refractivity contribution in [3.05, 3.63) is 0 Å². The van der Waals surface area contributed by atoms with E-state index in [0.29, 0.717) is 6.42 Å². The highest BCUT2D eigenvalue weighted by Gasteiger charge is 2.44. The second-order valence-electron chi connectivity index (χ2n) is 13.8. The third kappa shape index (κ3) is 22.4. The van der Waals surface area contributed by atoms with E-state index in [1.54, 1.807) is 0 Å². The molecule has 0 radical (unpaired) electrons. The lowest BCUT2D eigenvalue weighted by Crippen LogP contribution is -2.59. The van der Waals surface area contributed by atoms with E-state index in [9.17, 15) is 30.0 Å². The number of aliphatic hydroxyl groups is 4. The minimum absolute atomic E-state index is 0.210. The number of esters is 2. The van der Waals surface area contributed by atoms with Crippen LogP contribution in [0, 0.1) is 0 Å². The number of rotatable bonds is 32. The summed E-state index contributed by atoms with van der Waals surface area (Å²) in [5.74, 6) is -0.799. The summed E-state index contributed by atoms with van der Waals surface area (Å²) in [6.45, 7) is 3.40. The lowest BCUT2D eigenvalue weighted by Gasteiger charge is -2.39. The Kier molecular flexibility index (Phi) is 28.4. The monoisotopic (exact) mass is 689 g/mol. The Balaban J connectivity index is 2.39. The number of hydrogen-bond donors (Lipinski definition) is 4. The van der Waals surface area contributed by atoms with Gasteiger partial charge in [0.15, 0.2) is 12.4 Å². The average Bonchev–Trinajstić information content (AvgIpc) is 3.08. The summed E-state index contributed by atoms with van der Waals surface area (Å²) >= 11 is 0. The Bertz CT molecular complexity index is 764. The molecular weight excluding hydrogens is 616 g/mol. The second kappa shape index (κ2) is 30.5. The third-order valence-electron chi connectivity index (χ3n) is 9.24. The van der Waals surface area contributed by atoms with E-state index in [0.717, 1.165) is 38.5 Å². The standard InChI is InChI=1S/C38H72O10/c1-3-5-7-9-11-13-15-17-19-21-23-25-27-34(41)47-31(30-46-38-37(44)36(43)35(42)32(28-39)48-38)29-45-33(40)26-24-22-20-18-16-14-12-10-8-6-4-2/h31-32,35-39,42-44H,3-30H2,1-2H3/t31-,32-,35+,36?,37?,38-/m1/s1. The highest BCUT2D eigenvalue weighted by atomic mass is 16.7. The molecule has 6 atom stereocenters. The summed E-state index contributed by atoms with van der Waals surface area (Å²) in [7, 11) is 0. The van der Waals surface area contributed by atoms with Gasteiger partial charge >= 0.3 is 11.9 Å². The Morgan fingerprint density at radius 1 is 0.562 bits per heavy atom. The molecule has 1 heterocycles. The lowest BCUT2D eigenvalue weighted by atomic mass is 9.99. The van der Waals surface area contributed by atoms with E-state index in [4.69, 9.17) is 18.9 Å². The van der Waals surface area contributed by atoms with Crippen LogP contribution < -0.4 is 0 Å². The van der Waals surface area contributed by atoms with E-state index in [2.05, 4.69) is 13.8 Å². The summed E-state index contributed by atoms with van der Waals surface area (Å²) in [4.78, 5) is 25.1. The number of unbranched alkanes of at least 4 members (excludes halogenated alkanes) is 21. The van der Waals surface area contributed by atoms with Crippen LogP contribution in [0.4, 0.5) is 0 Å². The predicted octanol–water partition coefficient (Wildman–Crippen LogP) is 7.05. The topological polar surface area (TPSA) is 152 Å². The fourth-order valence-electron chi connectivity index (χ4n) is 6.07. The van der Waals surface area contributed by atoms with Crippen LogP contribution in [0.15, 0.2) is 0 Å². The molecule has 0 aromatic carbocycles. The highest BCUT2D eigenvalue weighted by molar-refractivity contribution is 5.70. The SMILES string of the molecule is CCCCCCCCCCCCCCC(=O)O[C@H](COC(=O)CCCCCCCCCCCCC)CO[C@@H]1O[C@H](CO)[C@H](O)C(O)C1O. The summed E-state index contributed by atoms with van der Waals surface area (Å²) in [5.41, 5.74) is 0. The van der Waals surface area contributed by atoms with Gasteiger partial charge in [0.25, 0.3) is 0 Å². The van der Waals surface area contributed by atoms with E-state index in [1.165, 1.54) is 103 Å². The molecule has 2 unspecified atom stereocenters. The molecule has 0 saturated carbocycles. The van der Waals surface area contributed by atoms with Crippen LogP contribution in [-0.4, -0.2) is 89.0 Å². The minimum Gasteiger partial charge on any atom is -0.462 e. The molecule has 1 fully saturated rings. The molecule has 0 aromatic rings. The number of carbonyl (C=O) groups excluding carboxylic acids is 2. The molecule has 10 nitrogen and oxygen atoms in total. The number of ether oxygens (including phenoxy) is 4. The highest BCUT2D eigenvalue weighted by Crippen LogP contribution is 2.22. The molecule has 10 heteroatoms. The smallest absolute Gasteiger partial charge is 0.306 e. The van der Waals surface area contributed by atoms with Gasteiger partial charge in [-0.1, -0.05) is 149 Å². The molecule has 0 aromatic heterocycles. The minimum atomic E-state index is -1.59. The quantitative estimate of drug-likeness (QED) is 0.0427. The van der Waals surface area contributed by atoms with Crippen molar-refractivity contribution in [2.45, 2.75) is 211 Å². The van der Waals surface area contributed by atoms with E-state index in [1.807, 2.05) is 0 Å². The molecule has 1 aliphatic heterocycles. The van der Waals surface area contributed by atoms with Crippen molar-refractivity contribution in [3.63, 3.8) is 0 Å². The first-order chi connectivity index (χ1) is 23.3. The zero-order chi connectivity index (χ0) is 35.2. The van der Waals surface area contributed by atoms with E-state index < -0.39 is 49.4 Å². The fourth-order valence-corrected chi connectivity index (χ4v) is 6.07. The molecular formula is C38H72O10. The van der Waals surface area contributed by atoms with Crippen LogP contribution in [0.3, 0.4) is 0 Å². The van der Waals surface area contributed by atoms with Crippen molar-refractivity contribution in [3.8, 4) is 0 Å². The van der Waals surface area contributed by atoms with Crippen molar-refractivity contribution in [2.24, 2.45) is 0 Å². The van der Waals surface area contributed by atoms with Gasteiger partial charge in [-0.15, -0.1) is 0 Å². The largest absolute Gasteiger partial charge is 0.462 e. The maximum absolute atomic E-state index is 12.7. The Labute approximate surface area is 291 Å². The van der Waals surface area contributed by atoms with Crippen LogP contribution in [-0.2, 0) is 28.5 Å². The predicted molar refractivity (Wildman–Crippen MR) is 187 cm³/mol. The van der Waals surface area contributed by atoms with Crippen LogP contribution >= 0.6 is 0 Å². The zero-order valence-corrected chi connectivity index (χ0v) is 30.5. The third-order valence-corrected chi connectivity index (χ3v) is 9.24. The van der Waals surface area contributed by atoms with Gasteiger partial charge in [-0.25, -0.2) is 0 Å². The maximum atomic E-state index is 12.7. The molecule has 0 bridgehead atoms. The summed E-state index contributed by atoms with van der Waals surface area (Å²) in [6, 6.07) is 0. The van der Waals surface area contributed by atoms with E-state index >= 15 is 0 Å². The number of hydrogen-bond acceptors (Lipinski definition) is 10. The maximum Gasteiger partial charge on any atom is 0.306 e. The molecule has 0 amide bonds. The molecule has 1 aliphatic rings. The first-order valence-electron chi connectivity index (χ1n) is 19.6. The number of aliphatic hydroxyl groups excluding tert-OH is 4. The Morgan fingerprint density at radius 2 is 0.979 bits per heavy atom. The second-order valence-corrected chi connectivity index (χ2v) is 13.8. The summed E-state index contributed by atoms with van der Waals surface area (Å²) in [5, 5.41) is 39.9.